The summed E-state index contributed by atoms with van der Waals surface area (Å²) in [7, 11) is 0. The van der Waals surface area contributed by atoms with Crippen LogP contribution in [0.5, 0.6) is 0 Å². The van der Waals surface area contributed by atoms with Crippen molar-refractivity contribution in [3.05, 3.63) is 30.9 Å². The molecule has 0 spiro atoms. The molecule has 0 amide bonds. The Morgan fingerprint density at radius 2 is 2.42 bits per heavy atom. The summed E-state index contributed by atoms with van der Waals surface area (Å²) in [6.07, 6.45) is 9.41. The molecule has 0 saturated heterocycles. The second-order valence-electron chi connectivity index (χ2n) is 2.95. The van der Waals surface area contributed by atoms with Crippen LogP contribution in [0.3, 0.4) is 0 Å². The number of unbranched alkanes of at least 4 members (excludes halogenated alkanes) is 2. The van der Waals surface area contributed by atoms with Crippen LogP contribution in [-0.4, -0.2) is 9.55 Å². The molecule has 2 nitrogen and oxygen atoms in total. The van der Waals surface area contributed by atoms with Gasteiger partial charge in [0.2, 0.25) is 0 Å². The Labute approximate surface area is 73.9 Å². The molecule has 0 aliphatic heterocycles. The Kier molecular flexibility index (Phi) is 3.58. The van der Waals surface area contributed by atoms with E-state index >= 15 is 0 Å². The number of aryl methyl sites for hydroxylation is 2. The molecule has 2 heteroatoms. The van der Waals surface area contributed by atoms with E-state index in [4.69, 9.17) is 0 Å². The molecular formula is C10H16N2. The first kappa shape index (κ1) is 9.04. The molecule has 0 aromatic carbocycles. The Morgan fingerprint density at radius 3 is 3.00 bits per heavy atom. The minimum atomic E-state index is 1.08. The Bertz CT molecular complexity index is 238. The van der Waals surface area contributed by atoms with Crippen LogP contribution in [0.15, 0.2) is 25.0 Å². The van der Waals surface area contributed by atoms with E-state index in [-0.39, 0.29) is 0 Å². The van der Waals surface area contributed by atoms with Gasteiger partial charge >= 0.3 is 0 Å². The maximum Gasteiger partial charge on any atom is 0.105 e. The minimum Gasteiger partial charge on any atom is -0.335 e. The maximum atomic E-state index is 4.16. The number of nitrogens with zero attached hydrogens (tertiary/aromatic N) is 2. The largest absolute Gasteiger partial charge is 0.335 e. The molecule has 0 atom stereocenters. The Morgan fingerprint density at radius 1 is 1.58 bits per heavy atom. The van der Waals surface area contributed by atoms with Crippen molar-refractivity contribution >= 4 is 0 Å². The average molecular weight is 164 g/mol. The highest BCUT2D eigenvalue weighted by atomic mass is 15.0. The second kappa shape index (κ2) is 4.75. The number of rotatable bonds is 5. The summed E-state index contributed by atoms with van der Waals surface area (Å²) in [6.45, 7) is 6.81. The SMILES string of the molecule is C=CCCCCn1ccnc1C. The molecule has 12 heavy (non-hydrogen) atoms. The first-order valence-corrected chi connectivity index (χ1v) is 4.43. The molecule has 0 bridgehead atoms. The predicted octanol–water partition coefficient (Wildman–Crippen LogP) is 2.55. The topological polar surface area (TPSA) is 17.8 Å². The van der Waals surface area contributed by atoms with Crippen LogP contribution < -0.4 is 0 Å². The van der Waals surface area contributed by atoms with E-state index in [2.05, 4.69) is 16.1 Å². The molecule has 1 aromatic rings. The monoisotopic (exact) mass is 164 g/mol. The summed E-state index contributed by atoms with van der Waals surface area (Å²) in [5.41, 5.74) is 0. The van der Waals surface area contributed by atoms with Crippen molar-refractivity contribution in [1.82, 2.24) is 9.55 Å². The van der Waals surface area contributed by atoms with E-state index in [9.17, 15) is 0 Å². The van der Waals surface area contributed by atoms with Crippen molar-refractivity contribution in [2.45, 2.75) is 32.7 Å². The second-order valence-corrected chi connectivity index (χ2v) is 2.95. The van der Waals surface area contributed by atoms with Gasteiger partial charge in [0.25, 0.3) is 0 Å². The number of imidazole rings is 1. The molecule has 0 aliphatic rings. The predicted molar refractivity (Wildman–Crippen MR) is 51.0 cm³/mol. The average Bonchev–Trinajstić information content (AvgIpc) is 2.46. The van der Waals surface area contributed by atoms with Crippen LogP contribution >= 0.6 is 0 Å². The van der Waals surface area contributed by atoms with Gasteiger partial charge in [0, 0.05) is 18.9 Å². The quantitative estimate of drug-likeness (QED) is 0.483. The fourth-order valence-corrected chi connectivity index (χ4v) is 1.21. The van der Waals surface area contributed by atoms with E-state index < -0.39 is 0 Å². The molecule has 0 fully saturated rings. The van der Waals surface area contributed by atoms with Crippen molar-refractivity contribution in [2.75, 3.05) is 0 Å². The van der Waals surface area contributed by atoms with Gasteiger partial charge in [-0.3, -0.25) is 0 Å². The van der Waals surface area contributed by atoms with E-state index in [1.807, 2.05) is 25.4 Å². The van der Waals surface area contributed by atoms with Gasteiger partial charge in [-0.15, -0.1) is 6.58 Å². The zero-order chi connectivity index (χ0) is 8.81. The van der Waals surface area contributed by atoms with Gasteiger partial charge in [-0.05, 0) is 26.2 Å². The van der Waals surface area contributed by atoms with Crippen molar-refractivity contribution in [1.29, 1.82) is 0 Å². The van der Waals surface area contributed by atoms with Gasteiger partial charge in [-0.1, -0.05) is 6.08 Å². The summed E-state index contributed by atoms with van der Waals surface area (Å²) >= 11 is 0. The maximum absolute atomic E-state index is 4.16. The molecule has 0 saturated carbocycles. The third kappa shape index (κ3) is 2.53. The van der Waals surface area contributed by atoms with Gasteiger partial charge in [0.05, 0.1) is 0 Å². The van der Waals surface area contributed by atoms with Crippen molar-refractivity contribution < 1.29 is 0 Å². The van der Waals surface area contributed by atoms with Gasteiger partial charge in [0.15, 0.2) is 0 Å². The van der Waals surface area contributed by atoms with Crippen LogP contribution in [0.1, 0.15) is 25.1 Å². The third-order valence-electron chi connectivity index (χ3n) is 1.98. The third-order valence-corrected chi connectivity index (χ3v) is 1.98. The molecule has 0 aliphatic carbocycles. The summed E-state index contributed by atoms with van der Waals surface area (Å²) in [5.74, 6) is 1.11. The van der Waals surface area contributed by atoms with Crippen molar-refractivity contribution in [3.8, 4) is 0 Å². The molecule has 1 aromatic heterocycles. The molecule has 0 unspecified atom stereocenters. The zero-order valence-corrected chi connectivity index (χ0v) is 7.66. The van der Waals surface area contributed by atoms with Crippen LogP contribution in [-0.2, 0) is 6.54 Å². The lowest BCUT2D eigenvalue weighted by atomic mass is 10.2. The van der Waals surface area contributed by atoms with Crippen LogP contribution in [0, 0.1) is 6.92 Å². The first-order chi connectivity index (χ1) is 5.84. The summed E-state index contributed by atoms with van der Waals surface area (Å²) in [4.78, 5) is 4.16. The Balaban J connectivity index is 2.24. The normalized spacial score (nSPS) is 10.1. The number of aromatic nitrogens is 2. The smallest absolute Gasteiger partial charge is 0.105 e. The van der Waals surface area contributed by atoms with Gasteiger partial charge in [-0.2, -0.15) is 0 Å². The van der Waals surface area contributed by atoms with E-state index in [0.29, 0.717) is 0 Å². The van der Waals surface area contributed by atoms with E-state index in [0.717, 1.165) is 18.8 Å². The number of hydrogen-bond donors (Lipinski definition) is 0. The van der Waals surface area contributed by atoms with Gasteiger partial charge in [0.1, 0.15) is 5.82 Å². The van der Waals surface area contributed by atoms with E-state index in [1.54, 1.807) is 0 Å². The van der Waals surface area contributed by atoms with Gasteiger partial charge < -0.3 is 4.57 Å². The van der Waals surface area contributed by atoms with Gasteiger partial charge in [-0.25, -0.2) is 4.98 Å². The van der Waals surface area contributed by atoms with Crippen molar-refractivity contribution in [2.24, 2.45) is 0 Å². The van der Waals surface area contributed by atoms with E-state index in [1.165, 1.54) is 12.8 Å². The highest BCUT2D eigenvalue weighted by Crippen LogP contribution is 2.01. The fraction of sp³-hybridized carbons (Fsp3) is 0.500. The molecule has 0 radical (unpaired) electrons. The van der Waals surface area contributed by atoms with Crippen LogP contribution in [0.2, 0.25) is 0 Å². The molecular weight excluding hydrogens is 148 g/mol. The summed E-state index contributed by atoms with van der Waals surface area (Å²) in [5, 5.41) is 0. The lowest BCUT2D eigenvalue weighted by molar-refractivity contribution is 0.601. The van der Waals surface area contributed by atoms with Crippen LogP contribution in [0.25, 0.3) is 0 Å². The zero-order valence-electron chi connectivity index (χ0n) is 7.66. The molecule has 0 N–H and O–H groups in total. The Hall–Kier alpha value is -1.05. The molecule has 1 heterocycles. The molecule has 1 rings (SSSR count). The first-order valence-electron chi connectivity index (χ1n) is 4.43. The standard InChI is InChI=1S/C10H16N2/c1-3-4-5-6-8-12-9-7-11-10(12)2/h3,7,9H,1,4-6,8H2,2H3. The number of allylic oxidation sites excluding steroid dienone is 1. The lowest BCUT2D eigenvalue weighted by Gasteiger charge is -2.02. The lowest BCUT2D eigenvalue weighted by Crippen LogP contribution is -1.98. The van der Waals surface area contributed by atoms with Crippen LogP contribution in [0.4, 0.5) is 0 Å². The fourth-order valence-electron chi connectivity index (χ4n) is 1.21. The summed E-state index contributed by atoms with van der Waals surface area (Å²) < 4.78 is 2.18. The number of hydrogen-bond acceptors (Lipinski definition) is 1. The highest BCUT2D eigenvalue weighted by molar-refractivity contribution is 4.88. The molecule has 66 valence electrons. The highest BCUT2D eigenvalue weighted by Gasteiger charge is 1.94. The van der Waals surface area contributed by atoms with Crippen molar-refractivity contribution in [3.63, 3.8) is 0 Å². The minimum absolute atomic E-state index is 1.08. The summed E-state index contributed by atoms with van der Waals surface area (Å²) in [6, 6.07) is 0.